The van der Waals surface area contributed by atoms with Crippen LogP contribution in [0.5, 0.6) is 0 Å². The van der Waals surface area contributed by atoms with Crippen molar-refractivity contribution < 1.29 is 4.79 Å². The quantitative estimate of drug-likeness (QED) is 0.799. The van der Waals surface area contributed by atoms with Crippen LogP contribution in [0.25, 0.3) is 0 Å². The fourth-order valence-corrected chi connectivity index (χ4v) is 2.46. The van der Waals surface area contributed by atoms with E-state index in [2.05, 4.69) is 31.0 Å². The zero-order chi connectivity index (χ0) is 16.8. The van der Waals surface area contributed by atoms with Crippen molar-refractivity contribution in [1.82, 2.24) is 4.90 Å². The maximum atomic E-state index is 12.3. The summed E-state index contributed by atoms with van der Waals surface area (Å²) in [6.45, 7) is 8.44. The van der Waals surface area contributed by atoms with Crippen LogP contribution >= 0.6 is 0 Å². The second-order valence-electron chi connectivity index (χ2n) is 5.90. The first-order valence-electron chi connectivity index (χ1n) is 8.00. The van der Waals surface area contributed by atoms with E-state index in [-0.39, 0.29) is 5.91 Å². The van der Waals surface area contributed by atoms with E-state index in [0.717, 1.165) is 13.1 Å². The first-order valence-corrected chi connectivity index (χ1v) is 8.00. The third kappa shape index (κ3) is 4.57. The molecular weight excluding hydrogens is 286 g/mol. The van der Waals surface area contributed by atoms with Crippen LogP contribution in [0.1, 0.15) is 36.7 Å². The number of benzene rings is 2. The van der Waals surface area contributed by atoms with Crippen molar-refractivity contribution in [3.05, 3.63) is 59.7 Å². The zero-order valence-corrected chi connectivity index (χ0v) is 14.0. The summed E-state index contributed by atoms with van der Waals surface area (Å²) in [5, 5.41) is 2.84. The molecule has 1 amide bonds. The lowest BCUT2D eigenvalue weighted by Gasteiger charge is -2.24. The van der Waals surface area contributed by atoms with Gasteiger partial charge in [0.05, 0.1) is 11.4 Å². The molecule has 0 aliphatic heterocycles. The smallest absolute Gasteiger partial charge is 0.255 e. The van der Waals surface area contributed by atoms with Crippen molar-refractivity contribution in [1.29, 1.82) is 0 Å². The third-order valence-corrected chi connectivity index (χ3v) is 3.95. The molecule has 23 heavy (non-hydrogen) atoms. The molecule has 3 N–H and O–H groups in total. The topological polar surface area (TPSA) is 58.4 Å². The second kappa shape index (κ2) is 7.79. The van der Waals surface area contributed by atoms with Crippen LogP contribution in [0.15, 0.2) is 48.5 Å². The molecule has 0 aliphatic rings. The molecule has 4 heteroatoms. The van der Waals surface area contributed by atoms with E-state index in [1.807, 2.05) is 36.4 Å². The van der Waals surface area contributed by atoms with Crippen LogP contribution in [0, 0.1) is 0 Å². The molecule has 122 valence electrons. The number of hydrogen-bond acceptors (Lipinski definition) is 3. The van der Waals surface area contributed by atoms with E-state index in [4.69, 9.17) is 5.73 Å². The van der Waals surface area contributed by atoms with Crippen molar-refractivity contribution in [2.24, 2.45) is 0 Å². The Morgan fingerprint density at radius 2 is 1.78 bits per heavy atom. The number of hydrogen-bond donors (Lipinski definition) is 2. The predicted molar refractivity (Wildman–Crippen MR) is 96.5 cm³/mol. The van der Waals surface area contributed by atoms with E-state index in [1.54, 1.807) is 12.1 Å². The Kier molecular flexibility index (Phi) is 5.77. The summed E-state index contributed by atoms with van der Waals surface area (Å²) < 4.78 is 0. The van der Waals surface area contributed by atoms with Crippen molar-refractivity contribution in [3.63, 3.8) is 0 Å². The Labute approximate surface area is 138 Å². The predicted octanol–water partition coefficient (Wildman–Crippen LogP) is 3.75. The van der Waals surface area contributed by atoms with Gasteiger partial charge in [-0.3, -0.25) is 9.69 Å². The van der Waals surface area contributed by atoms with Gasteiger partial charge in [0.2, 0.25) is 0 Å². The van der Waals surface area contributed by atoms with Gasteiger partial charge in [0.25, 0.3) is 5.91 Å². The number of rotatable bonds is 6. The highest BCUT2D eigenvalue weighted by atomic mass is 16.1. The van der Waals surface area contributed by atoms with Gasteiger partial charge in [0, 0.05) is 18.2 Å². The lowest BCUT2D eigenvalue weighted by atomic mass is 10.1. The summed E-state index contributed by atoms with van der Waals surface area (Å²) in [6, 6.07) is 15.5. The Morgan fingerprint density at radius 3 is 2.35 bits per heavy atom. The molecule has 0 saturated heterocycles. The maximum absolute atomic E-state index is 12.3. The van der Waals surface area contributed by atoms with Crippen LogP contribution in [0.4, 0.5) is 11.4 Å². The number of nitrogens with one attached hydrogen (secondary N) is 1. The number of para-hydroxylation sites is 2. The molecule has 0 atom stereocenters. The summed E-state index contributed by atoms with van der Waals surface area (Å²) in [6.07, 6.45) is 0. The minimum atomic E-state index is -0.148. The fraction of sp³-hybridized carbons (Fsp3) is 0.316. The summed E-state index contributed by atoms with van der Waals surface area (Å²) in [4.78, 5) is 14.7. The molecule has 0 unspecified atom stereocenters. The highest BCUT2D eigenvalue weighted by Crippen LogP contribution is 2.18. The molecule has 0 radical (unpaired) electrons. The minimum absolute atomic E-state index is 0.148. The van der Waals surface area contributed by atoms with Gasteiger partial charge in [0.1, 0.15) is 0 Å². The van der Waals surface area contributed by atoms with Gasteiger partial charge in [-0.05, 0) is 50.2 Å². The largest absolute Gasteiger partial charge is 0.397 e. The average Bonchev–Trinajstić information content (AvgIpc) is 2.55. The molecular formula is C19H25N3O. The SMILES string of the molecule is CCN(Cc1ccc(C(=O)Nc2ccccc2N)cc1)C(C)C. The van der Waals surface area contributed by atoms with Gasteiger partial charge < -0.3 is 11.1 Å². The van der Waals surface area contributed by atoms with Crippen LogP contribution in [0.2, 0.25) is 0 Å². The summed E-state index contributed by atoms with van der Waals surface area (Å²) in [5.41, 5.74) is 8.88. The van der Waals surface area contributed by atoms with Crippen LogP contribution in [0.3, 0.4) is 0 Å². The Balaban J connectivity index is 2.04. The number of amides is 1. The van der Waals surface area contributed by atoms with Gasteiger partial charge in [0.15, 0.2) is 0 Å². The summed E-state index contributed by atoms with van der Waals surface area (Å²) in [5.74, 6) is -0.148. The van der Waals surface area contributed by atoms with Gasteiger partial charge >= 0.3 is 0 Å². The lowest BCUT2D eigenvalue weighted by molar-refractivity contribution is 0.102. The number of nitrogens with two attached hydrogens (primary N) is 1. The standard InChI is InChI=1S/C19H25N3O/c1-4-22(14(2)3)13-15-9-11-16(12-10-15)19(23)21-18-8-6-5-7-17(18)20/h5-12,14H,4,13,20H2,1-3H3,(H,21,23). The molecule has 0 aliphatic carbocycles. The molecule has 0 fully saturated rings. The number of carbonyl (C=O) groups excluding carboxylic acids is 1. The van der Waals surface area contributed by atoms with Crippen LogP contribution < -0.4 is 11.1 Å². The second-order valence-corrected chi connectivity index (χ2v) is 5.90. The molecule has 0 spiro atoms. The highest BCUT2D eigenvalue weighted by Gasteiger charge is 2.10. The van der Waals surface area contributed by atoms with Crippen molar-refractivity contribution >= 4 is 17.3 Å². The monoisotopic (exact) mass is 311 g/mol. The maximum Gasteiger partial charge on any atom is 0.255 e. The minimum Gasteiger partial charge on any atom is -0.397 e. The molecule has 0 heterocycles. The first kappa shape index (κ1) is 17.0. The van der Waals surface area contributed by atoms with Crippen LogP contribution in [-0.2, 0) is 6.54 Å². The van der Waals surface area contributed by atoms with E-state index >= 15 is 0 Å². The highest BCUT2D eigenvalue weighted by molar-refractivity contribution is 6.05. The molecule has 0 saturated carbocycles. The van der Waals surface area contributed by atoms with Crippen molar-refractivity contribution in [2.45, 2.75) is 33.4 Å². The average molecular weight is 311 g/mol. The molecule has 2 aromatic carbocycles. The van der Waals surface area contributed by atoms with Gasteiger partial charge in [-0.1, -0.05) is 31.2 Å². The fourth-order valence-electron chi connectivity index (χ4n) is 2.46. The van der Waals surface area contributed by atoms with E-state index in [9.17, 15) is 4.79 Å². The Hall–Kier alpha value is -2.33. The first-order chi connectivity index (χ1) is 11.0. The van der Waals surface area contributed by atoms with Crippen molar-refractivity contribution in [2.75, 3.05) is 17.6 Å². The summed E-state index contributed by atoms with van der Waals surface area (Å²) >= 11 is 0. The molecule has 2 aromatic rings. The number of carbonyl (C=O) groups is 1. The molecule has 2 rings (SSSR count). The number of nitrogens with zero attached hydrogens (tertiary/aromatic N) is 1. The van der Waals surface area contributed by atoms with E-state index in [1.165, 1.54) is 5.56 Å². The third-order valence-electron chi connectivity index (χ3n) is 3.95. The molecule has 4 nitrogen and oxygen atoms in total. The normalized spacial score (nSPS) is 11.0. The Morgan fingerprint density at radius 1 is 1.13 bits per heavy atom. The summed E-state index contributed by atoms with van der Waals surface area (Å²) in [7, 11) is 0. The van der Waals surface area contributed by atoms with Crippen LogP contribution in [-0.4, -0.2) is 23.4 Å². The molecule has 0 bridgehead atoms. The number of anilines is 2. The lowest BCUT2D eigenvalue weighted by Crippen LogP contribution is -2.29. The number of nitrogen functional groups attached to an aromatic ring is 1. The van der Waals surface area contributed by atoms with Gasteiger partial charge in [-0.2, -0.15) is 0 Å². The van der Waals surface area contributed by atoms with E-state index < -0.39 is 0 Å². The van der Waals surface area contributed by atoms with Gasteiger partial charge in [-0.25, -0.2) is 0 Å². The zero-order valence-electron chi connectivity index (χ0n) is 14.0. The van der Waals surface area contributed by atoms with Crippen molar-refractivity contribution in [3.8, 4) is 0 Å². The Bertz CT molecular complexity index is 650. The van der Waals surface area contributed by atoms with Gasteiger partial charge in [-0.15, -0.1) is 0 Å². The molecule has 0 aromatic heterocycles. The van der Waals surface area contributed by atoms with E-state index in [0.29, 0.717) is 23.0 Å².